The summed E-state index contributed by atoms with van der Waals surface area (Å²) in [5, 5.41) is 17.6. The fourth-order valence-electron chi connectivity index (χ4n) is 3.99. The van der Waals surface area contributed by atoms with Crippen molar-refractivity contribution < 1.29 is 9.53 Å². The van der Waals surface area contributed by atoms with Gasteiger partial charge in [-0.15, -0.1) is 0 Å². The van der Waals surface area contributed by atoms with Gasteiger partial charge in [0.05, 0.1) is 43.5 Å². The van der Waals surface area contributed by atoms with Gasteiger partial charge in [0.2, 0.25) is 0 Å². The van der Waals surface area contributed by atoms with Crippen LogP contribution in [0.1, 0.15) is 24.9 Å². The minimum Gasteiger partial charge on any atom is -0.466 e. The third kappa shape index (κ3) is 4.36. The number of nitrogens with zero attached hydrogens (tertiary/aromatic N) is 4. The van der Waals surface area contributed by atoms with Crippen molar-refractivity contribution in [3.8, 4) is 17.3 Å². The van der Waals surface area contributed by atoms with Crippen LogP contribution in [0.25, 0.3) is 11.3 Å². The highest BCUT2D eigenvalue weighted by Gasteiger charge is 2.37. The molecule has 0 unspecified atom stereocenters. The molecule has 0 amide bonds. The van der Waals surface area contributed by atoms with Gasteiger partial charge >= 0.3 is 5.97 Å². The lowest BCUT2D eigenvalue weighted by Gasteiger charge is -2.37. The second-order valence-corrected chi connectivity index (χ2v) is 7.90. The summed E-state index contributed by atoms with van der Waals surface area (Å²) in [6.07, 6.45) is 2.20. The number of hydrogen-bond donors (Lipinski definition) is 1. The Morgan fingerprint density at radius 3 is 2.48 bits per heavy atom. The first kappa shape index (κ1) is 22.2. The van der Waals surface area contributed by atoms with Crippen molar-refractivity contribution in [3.05, 3.63) is 83.7 Å². The van der Waals surface area contributed by atoms with Crippen molar-refractivity contribution in [2.24, 2.45) is 0 Å². The van der Waals surface area contributed by atoms with E-state index in [0.717, 1.165) is 22.5 Å². The van der Waals surface area contributed by atoms with Crippen molar-refractivity contribution in [2.75, 3.05) is 12.0 Å². The highest BCUT2D eigenvalue weighted by molar-refractivity contribution is 7.80. The van der Waals surface area contributed by atoms with E-state index in [1.807, 2.05) is 78.7 Å². The predicted molar refractivity (Wildman–Crippen MR) is 130 cm³/mol. The molecule has 8 heteroatoms. The Morgan fingerprint density at radius 1 is 1.18 bits per heavy atom. The minimum absolute atomic E-state index is 0.326. The van der Waals surface area contributed by atoms with E-state index in [2.05, 4.69) is 11.4 Å². The van der Waals surface area contributed by atoms with Crippen LogP contribution in [0.5, 0.6) is 0 Å². The average molecular weight is 458 g/mol. The molecule has 1 aromatic heterocycles. The Hall–Kier alpha value is -3.96. The van der Waals surface area contributed by atoms with Crippen LogP contribution in [0.3, 0.4) is 0 Å². The number of carbonyl (C=O) groups excluding carboxylic acids is 1. The zero-order valence-electron chi connectivity index (χ0n) is 18.4. The van der Waals surface area contributed by atoms with Crippen LogP contribution in [-0.2, 0) is 16.1 Å². The number of aryl methyl sites for hydroxylation is 1. The van der Waals surface area contributed by atoms with E-state index in [9.17, 15) is 4.79 Å². The number of thiocarbonyl (C=S) groups is 1. The number of allylic oxidation sites excluding steroid dienone is 1. The summed E-state index contributed by atoms with van der Waals surface area (Å²) in [5.74, 6) is -0.447. The van der Waals surface area contributed by atoms with Crippen LogP contribution in [0.2, 0.25) is 0 Å². The molecule has 0 spiro atoms. The maximum absolute atomic E-state index is 13.0. The van der Waals surface area contributed by atoms with Crippen LogP contribution in [0, 0.1) is 11.3 Å². The number of ether oxygens (including phenoxy) is 1. The number of nitrogens with one attached hydrogen (secondary N) is 1. The van der Waals surface area contributed by atoms with Gasteiger partial charge in [0.1, 0.15) is 0 Å². The Labute approximate surface area is 197 Å². The molecule has 1 N–H and O–H groups in total. The van der Waals surface area contributed by atoms with Gasteiger partial charge in [-0.3, -0.25) is 9.58 Å². The van der Waals surface area contributed by atoms with E-state index in [-0.39, 0.29) is 0 Å². The molecule has 1 atom stereocenters. The van der Waals surface area contributed by atoms with Gasteiger partial charge in [0, 0.05) is 28.7 Å². The zero-order chi connectivity index (χ0) is 23.4. The molecule has 0 fully saturated rings. The minimum atomic E-state index is -0.559. The monoisotopic (exact) mass is 457 g/mol. The maximum atomic E-state index is 13.0. The molecule has 2 heterocycles. The number of anilines is 1. The van der Waals surface area contributed by atoms with Crippen LogP contribution >= 0.6 is 12.2 Å². The molecule has 1 aliphatic heterocycles. The number of rotatable bonds is 6. The lowest BCUT2D eigenvalue weighted by molar-refractivity contribution is -0.136. The maximum Gasteiger partial charge on any atom is 0.337 e. The Bertz CT molecular complexity index is 1240. The number of methoxy groups -OCH3 is 1. The van der Waals surface area contributed by atoms with Gasteiger partial charge < -0.3 is 10.1 Å². The second-order valence-electron chi connectivity index (χ2n) is 7.51. The Kier molecular flexibility index (Phi) is 6.52. The normalized spacial score (nSPS) is 15.7. The van der Waals surface area contributed by atoms with E-state index in [0.29, 0.717) is 29.3 Å². The topological polar surface area (TPSA) is 83.2 Å². The van der Waals surface area contributed by atoms with Gasteiger partial charge in [-0.05, 0) is 31.3 Å². The molecule has 0 aliphatic carbocycles. The molecular formula is C25H23N5O2S. The Morgan fingerprint density at radius 2 is 1.85 bits per heavy atom. The number of benzene rings is 2. The van der Waals surface area contributed by atoms with E-state index < -0.39 is 12.0 Å². The molecule has 2 aromatic carbocycles. The first-order valence-corrected chi connectivity index (χ1v) is 10.9. The highest BCUT2D eigenvalue weighted by Crippen LogP contribution is 2.37. The third-order valence-corrected chi connectivity index (χ3v) is 5.81. The molecule has 1 aliphatic rings. The van der Waals surface area contributed by atoms with Gasteiger partial charge in [0.25, 0.3) is 0 Å². The summed E-state index contributed by atoms with van der Waals surface area (Å²) >= 11 is 5.73. The van der Waals surface area contributed by atoms with E-state index in [4.69, 9.17) is 27.3 Å². The summed E-state index contributed by atoms with van der Waals surface area (Å²) in [6, 6.07) is 21.0. The first-order chi connectivity index (χ1) is 16.0. The van der Waals surface area contributed by atoms with Crippen molar-refractivity contribution in [1.82, 2.24) is 15.1 Å². The van der Waals surface area contributed by atoms with Gasteiger partial charge in [-0.2, -0.15) is 10.4 Å². The fraction of sp³-hybridized carbons (Fsp3) is 0.200. The molecule has 0 saturated carbocycles. The van der Waals surface area contributed by atoms with E-state index in [1.165, 1.54) is 7.11 Å². The largest absolute Gasteiger partial charge is 0.466 e. The quantitative estimate of drug-likeness (QED) is 0.435. The van der Waals surface area contributed by atoms with Gasteiger partial charge in [-0.25, -0.2) is 4.79 Å². The number of para-hydroxylation sites is 1. The summed E-state index contributed by atoms with van der Waals surface area (Å²) < 4.78 is 6.91. The second kappa shape index (κ2) is 9.67. The van der Waals surface area contributed by atoms with E-state index in [1.54, 1.807) is 4.68 Å². The summed E-state index contributed by atoms with van der Waals surface area (Å²) in [5.41, 5.74) is 4.39. The van der Waals surface area contributed by atoms with E-state index >= 15 is 0 Å². The van der Waals surface area contributed by atoms with Crippen molar-refractivity contribution in [2.45, 2.75) is 25.9 Å². The third-order valence-electron chi connectivity index (χ3n) is 5.51. The lowest BCUT2D eigenvalue weighted by atomic mass is 9.93. The molecule has 166 valence electrons. The number of carbonyl (C=O) groups is 1. The molecule has 33 heavy (non-hydrogen) atoms. The highest BCUT2D eigenvalue weighted by atomic mass is 32.1. The molecule has 4 rings (SSSR count). The lowest BCUT2D eigenvalue weighted by Crippen LogP contribution is -2.48. The summed E-state index contributed by atoms with van der Waals surface area (Å²) in [7, 11) is 1.37. The van der Waals surface area contributed by atoms with Crippen molar-refractivity contribution in [3.63, 3.8) is 0 Å². The molecule has 0 radical (unpaired) electrons. The van der Waals surface area contributed by atoms with Gasteiger partial charge in [0.15, 0.2) is 5.11 Å². The van der Waals surface area contributed by atoms with Gasteiger partial charge in [-0.1, -0.05) is 48.5 Å². The molecule has 0 saturated heterocycles. The van der Waals surface area contributed by atoms with Crippen LogP contribution in [0.4, 0.5) is 5.69 Å². The molecule has 0 bridgehead atoms. The number of hydrogen-bond acceptors (Lipinski definition) is 5. The molecule has 3 aromatic rings. The molecule has 7 nitrogen and oxygen atoms in total. The smallest absolute Gasteiger partial charge is 0.337 e. The average Bonchev–Trinajstić information content (AvgIpc) is 3.27. The zero-order valence-corrected chi connectivity index (χ0v) is 19.2. The first-order valence-electron chi connectivity index (χ1n) is 10.5. The number of nitriles is 1. The summed E-state index contributed by atoms with van der Waals surface area (Å²) in [4.78, 5) is 14.8. The molecular weight excluding hydrogens is 434 g/mol. The fourth-order valence-corrected chi connectivity index (χ4v) is 4.35. The van der Waals surface area contributed by atoms with Crippen LogP contribution in [-0.4, -0.2) is 28.0 Å². The van der Waals surface area contributed by atoms with Crippen molar-refractivity contribution >= 4 is 29.0 Å². The summed E-state index contributed by atoms with van der Waals surface area (Å²) in [6.45, 7) is 2.31. The number of aromatic nitrogens is 2. The predicted octanol–water partition coefficient (Wildman–Crippen LogP) is 4.35. The SMILES string of the molecule is COC(=O)C1=C(C)N(c2ccccc2)C(=S)N[C@H]1c1cn(CCC#N)nc1-c1ccccc1. The number of esters is 1. The Balaban J connectivity index is 1.88. The van der Waals surface area contributed by atoms with Crippen LogP contribution < -0.4 is 10.2 Å². The van der Waals surface area contributed by atoms with Crippen molar-refractivity contribution in [1.29, 1.82) is 5.26 Å². The standard InChI is InChI=1S/C25H23N5O2S/c1-17-21(24(31)32-2)23(27-25(33)30(17)19-12-7-4-8-13-19)20-16-29(15-9-14-26)28-22(20)18-10-5-3-6-11-18/h3-8,10-13,16,23H,9,15H2,1-2H3,(H,27,33)/t23-/m0/s1. The van der Waals surface area contributed by atoms with Crippen LogP contribution in [0.15, 0.2) is 78.1 Å².